The van der Waals surface area contributed by atoms with Gasteiger partial charge >= 0.3 is 5.97 Å². The molecule has 0 bridgehead atoms. The second kappa shape index (κ2) is 5.30. The number of hydrogen-bond donors (Lipinski definition) is 2. The van der Waals surface area contributed by atoms with E-state index in [0.717, 1.165) is 12.1 Å². The number of rotatable bonds is 3. The molecule has 0 aliphatic rings. The Kier molecular flexibility index (Phi) is 3.56. The van der Waals surface area contributed by atoms with E-state index in [9.17, 15) is 14.0 Å². The lowest BCUT2D eigenvalue weighted by Gasteiger charge is -2.06. The number of nitrogens with one attached hydrogen (secondary N) is 1. The molecule has 5 heteroatoms. The lowest BCUT2D eigenvalue weighted by atomic mass is 10.1. The third-order valence-corrected chi connectivity index (χ3v) is 2.49. The summed E-state index contributed by atoms with van der Waals surface area (Å²) in [4.78, 5) is 22.6. The molecule has 2 aromatic carbocycles. The molecule has 0 aliphatic carbocycles. The van der Waals surface area contributed by atoms with E-state index in [4.69, 9.17) is 5.11 Å². The monoisotopic (exact) mass is 259 g/mol. The molecule has 2 rings (SSSR count). The van der Waals surface area contributed by atoms with Crippen LogP contribution in [-0.4, -0.2) is 17.0 Å². The molecule has 0 radical (unpaired) electrons. The zero-order chi connectivity index (χ0) is 13.8. The van der Waals surface area contributed by atoms with Crippen LogP contribution in [0.4, 0.5) is 10.1 Å². The number of halogens is 1. The minimum Gasteiger partial charge on any atom is -0.478 e. The summed E-state index contributed by atoms with van der Waals surface area (Å²) in [6, 6.07) is 11.8. The zero-order valence-electron chi connectivity index (χ0n) is 9.76. The minimum absolute atomic E-state index is 0.229. The van der Waals surface area contributed by atoms with Gasteiger partial charge in [-0.3, -0.25) is 4.79 Å². The van der Waals surface area contributed by atoms with Crippen molar-refractivity contribution >= 4 is 17.6 Å². The quantitative estimate of drug-likeness (QED) is 0.890. The van der Waals surface area contributed by atoms with E-state index >= 15 is 0 Å². The maximum atomic E-state index is 13.2. The summed E-state index contributed by atoms with van der Waals surface area (Å²) >= 11 is 0. The van der Waals surface area contributed by atoms with Crippen LogP contribution in [0.25, 0.3) is 0 Å². The normalized spacial score (nSPS) is 9.95. The summed E-state index contributed by atoms with van der Waals surface area (Å²) in [6.45, 7) is 0. The fourth-order valence-electron chi connectivity index (χ4n) is 1.56. The van der Waals surface area contributed by atoms with E-state index in [1.807, 2.05) is 0 Å². The van der Waals surface area contributed by atoms with Crippen molar-refractivity contribution in [3.8, 4) is 0 Å². The van der Waals surface area contributed by atoms with Gasteiger partial charge in [-0.05, 0) is 30.3 Å². The number of carbonyl (C=O) groups excluding carboxylic acids is 1. The Morgan fingerprint density at radius 2 is 1.74 bits per heavy atom. The van der Waals surface area contributed by atoms with Gasteiger partial charge in [-0.1, -0.05) is 18.2 Å². The highest BCUT2D eigenvalue weighted by Crippen LogP contribution is 2.15. The number of hydrogen-bond acceptors (Lipinski definition) is 2. The molecule has 0 unspecified atom stereocenters. The van der Waals surface area contributed by atoms with E-state index in [-0.39, 0.29) is 11.6 Å². The predicted octanol–water partition coefficient (Wildman–Crippen LogP) is 2.78. The second-order valence-electron chi connectivity index (χ2n) is 3.82. The highest BCUT2D eigenvalue weighted by atomic mass is 19.1. The van der Waals surface area contributed by atoms with E-state index < -0.39 is 17.3 Å². The molecule has 1 amide bonds. The van der Waals surface area contributed by atoms with Crippen LogP contribution in [0.15, 0.2) is 48.5 Å². The molecule has 0 aliphatic heterocycles. The standard InChI is InChI=1S/C14H10FNO3/c15-12-7-6-10(8-11(12)14(18)19)16-13(17)9-4-2-1-3-5-9/h1-8H,(H,16,17)(H,18,19). The molecule has 0 atom stereocenters. The molecule has 2 aromatic rings. The van der Waals surface area contributed by atoms with Crippen molar-refractivity contribution < 1.29 is 19.1 Å². The number of aromatic carboxylic acids is 1. The topological polar surface area (TPSA) is 66.4 Å². The van der Waals surface area contributed by atoms with Crippen molar-refractivity contribution in [2.45, 2.75) is 0 Å². The summed E-state index contributed by atoms with van der Waals surface area (Å²) in [5.74, 6) is -2.61. The average molecular weight is 259 g/mol. The Labute approximate surface area is 108 Å². The molecule has 96 valence electrons. The molecular weight excluding hydrogens is 249 g/mol. The maximum Gasteiger partial charge on any atom is 0.338 e. The zero-order valence-corrected chi connectivity index (χ0v) is 9.76. The number of anilines is 1. The predicted molar refractivity (Wildman–Crippen MR) is 67.8 cm³/mol. The van der Waals surface area contributed by atoms with Gasteiger partial charge in [0.05, 0.1) is 5.56 Å². The third kappa shape index (κ3) is 2.95. The fraction of sp³-hybridized carbons (Fsp3) is 0. The van der Waals surface area contributed by atoms with Crippen molar-refractivity contribution in [3.05, 3.63) is 65.5 Å². The first-order valence-electron chi connectivity index (χ1n) is 5.47. The van der Waals surface area contributed by atoms with Crippen LogP contribution < -0.4 is 5.32 Å². The highest BCUT2D eigenvalue weighted by molar-refractivity contribution is 6.04. The van der Waals surface area contributed by atoms with Gasteiger partial charge in [0.1, 0.15) is 5.82 Å². The van der Waals surface area contributed by atoms with Crippen LogP contribution in [0.3, 0.4) is 0 Å². The second-order valence-corrected chi connectivity index (χ2v) is 3.82. The number of amides is 1. The number of benzene rings is 2. The van der Waals surface area contributed by atoms with Crippen LogP contribution >= 0.6 is 0 Å². The summed E-state index contributed by atoms with van der Waals surface area (Å²) in [5, 5.41) is 11.3. The molecular formula is C14H10FNO3. The Morgan fingerprint density at radius 1 is 1.05 bits per heavy atom. The summed E-state index contributed by atoms with van der Waals surface area (Å²) in [5.41, 5.74) is 0.183. The Morgan fingerprint density at radius 3 is 2.37 bits per heavy atom. The fourth-order valence-corrected chi connectivity index (χ4v) is 1.56. The van der Waals surface area contributed by atoms with Crippen molar-refractivity contribution in [1.29, 1.82) is 0 Å². The van der Waals surface area contributed by atoms with E-state index in [1.165, 1.54) is 6.07 Å². The smallest absolute Gasteiger partial charge is 0.338 e. The van der Waals surface area contributed by atoms with Crippen molar-refractivity contribution in [1.82, 2.24) is 0 Å². The molecule has 2 N–H and O–H groups in total. The first-order valence-corrected chi connectivity index (χ1v) is 5.47. The SMILES string of the molecule is O=C(Nc1ccc(F)c(C(=O)O)c1)c1ccccc1. The van der Waals surface area contributed by atoms with Gasteiger partial charge in [0.25, 0.3) is 5.91 Å². The molecule has 19 heavy (non-hydrogen) atoms. The Balaban J connectivity index is 2.23. The largest absolute Gasteiger partial charge is 0.478 e. The third-order valence-electron chi connectivity index (χ3n) is 2.49. The maximum absolute atomic E-state index is 13.2. The van der Waals surface area contributed by atoms with Gasteiger partial charge in [0, 0.05) is 11.3 Å². The number of carboxylic acid groups (broad SMARTS) is 1. The molecule has 4 nitrogen and oxygen atoms in total. The molecule has 0 spiro atoms. The van der Waals surface area contributed by atoms with Gasteiger partial charge in [-0.15, -0.1) is 0 Å². The molecule has 0 heterocycles. The highest BCUT2D eigenvalue weighted by Gasteiger charge is 2.12. The van der Waals surface area contributed by atoms with Gasteiger partial charge in [-0.25, -0.2) is 9.18 Å². The van der Waals surface area contributed by atoms with Crippen LogP contribution in [0.2, 0.25) is 0 Å². The summed E-state index contributed by atoms with van der Waals surface area (Å²) in [6.07, 6.45) is 0. The van der Waals surface area contributed by atoms with Crippen LogP contribution in [-0.2, 0) is 0 Å². The van der Waals surface area contributed by atoms with Crippen LogP contribution in [0.1, 0.15) is 20.7 Å². The van der Waals surface area contributed by atoms with E-state index in [0.29, 0.717) is 5.56 Å². The van der Waals surface area contributed by atoms with Gasteiger partial charge in [0.2, 0.25) is 0 Å². The van der Waals surface area contributed by atoms with Gasteiger partial charge in [0.15, 0.2) is 0 Å². The summed E-state index contributed by atoms with van der Waals surface area (Å²) in [7, 11) is 0. The molecule has 0 fully saturated rings. The minimum atomic E-state index is -1.38. The van der Waals surface area contributed by atoms with Crippen molar-refractivity contribution in [2.75, 3.05) is 5.32 Å². The molecule has 0 aromatic heterocycles. The average Bonchev–Trinajstić information content (AvgIpc) is 2.41. The van der Waals surface area contributed by atoms with Crippen LogP contribution in [0, 0.1) is 5.82 Å². The van der Waals surface area contributed by atoms with Crippen LogP contribution in [0.5, 0.6) is 0 Å². The Bertz CT molecular complexity index is 626. The van der Waals surface area contributed by atoms with Gasteiger partial charge in [-0.2, -0.15) is 0 Å². The lowest BCUT2D eigenvalue weighted by Crippen LogP contribution is -2.12. The van der Waals surface area contributed by atoms with Crippen molar-refractivity contribution in [2.24, 2.45) is 0 Å². The first kappa shape index (κ1) is 12.8. The first-order chi connectivity index (χ1) is 9.08. The molecule has 0 saturated heterocycles. The van der Waals surface area contributed by atoms with Gasteiger partial charge < -0.3 is 10.4 Å². The van der Waals surface area contributed by atoms with E-state index in [1.54, 1.807) is 30.3 Å². The summed E-state index contributed by atoms with van der Waals surface area (Å²) < 4.78 is 13.2. The number of carboxylic acids is 1. The van der Waals surface area contributed by atoms with Crippen molar-refractivity contribution in [3.63, 3.8) is 0 Å². The van der Waals surface area contributed by atoms with E-state index in [2.05, 4.69) is 5.32 Å². The molecule has 0 saturated carbocycles. The Hall–Kier alpha value is -2.69. The number of carbonyl (C=O) groups is 2. The lowest BCUT2D eigenvalue weighted by molar-refractivity contribution is 0.0691.